The number of nitrogens with zero attached hydrogens (tertiary/aromatic N) is 2. The summed E-state index contributed by atoms with van der Waals surface area (Å²) in [4.78, 5) is 41.4. The van der Waals surface area contributed by atoms with E-state index < -0.39 is 45.7 Å². The standard InChI is InChI=1S/C34H39N3O7/c1-4-33(31(38)39)23(2)36-24(3)34(32(40)41,30(33)28-10-5-11-29(21-28)37(42)43)16-19-44-18-7-9-25-12-14-26(15-13-25)20-27-8-6-17-35-22-27/h5-15,17,21-24,30,36H,4,16,18-20H2,1-3H3,(H,38,39)(H,40,41). The zero-order valence-corrected chi connectivity index (χ0v) is 25.2. The molecule has 0 saturated carbocycles. The second kappa shape index (κ2) is 13.9. The zero-order chi connectivity index (χ0) is 31.9. The summed E-state index contributed by atoms with van der Waals surface area (Å²) in [7, 11) is 0. The second-order valence-corrected chi connectivity index (χ2v) is 11.4. The van der Waals surface area contributed by atoms with E-state index in [0.717, 1.165) is 23.1 Å². The van der Waals surface area contributed by atoms with Gasteiger partial charge in [-0.25, -0.2) is 0 Å². The minimum absolute atomic E-state index is 0.00247. The molecule has 3 N–H and O–H groups in total. The number of piperidine rings is 1. The molecule has 1 saturated heterocycles. The van der Waals surface area contributed by atoms with Crippen molar-refractivity contribution in [3.8, 4) is 0 Å². The Kier molecular flexibility index (Phi) is 10.3. The molecule has 0 amide bonds. The van der Waals surface area contributed by atoms with Gasteiger partial charge in [-0.1, -0.05) is 61.5 Å². The van der Waals surface area contributed by atoms with Crippen molar-refractivity contribution in [1.29, 1.82) is 0 Å². The summed E-state index contributed by atoms with van der Waals surface area (Å²) in [5.41, 5.74) is 0.225. The highest BCUT2D eigenvalue weighted by Crippen LogP contribution is 2.58. The molecule has 1 aliphatic heterocycles. The topological polar surface area (TPSA) is 152 Å². The molecule has 3 aromatic rings. The van der Waals surface area contributed by atoms with Gasteiger partial charge in [0, 0.05) is 49.1 Å². The largest absolute Gasteiger partial charge is 0.481 e. The SMILES string of the molecule is CCC1(C(=O)O)C(C)NC(C)C(CCOCC=Cc2ccc(Cc3cccnc3)cc2)(C(=O)O)C1c1cccc([N+](=O)[O-])c1. The number of nitrogens with one attached hydrogen (secondary N) is 1. The van der Waals surface area contributed by atoms with Crippen LogP contribution >= 0.6 is 0 Å². The predicted octanol–water partition coefficient (Wildman–Crippen LogP) is 5.72. The average molecular weight is 602 g/mol. The molecule has 10 heteroatoms. The molecule has 0 spiro atoms. The molecule has 2 heterocycles. The van der Waals surface area contributed by atoms with E-state index in [2.05, 4.69) is 22.4 Å². The molecule has 44 heavy (non-hydrogen) atoms. The number of rotatable bonds is 13. The fourth-order valence-corrected chi connectivity index (χ4v) is 6.85. The maximum Gasteiger partial charge on any atom is 0.311 e. The van der Waals surface area contributed by atoms with Gasteiger partial charge in [-0.15, -0.1) is 0 Å². The van der Waals surface area contributed by atoms with Gasteiger partial charge in [0.1, 0.15) is 0 Å². The third-order valence-corrected chi connectivity index (χ3v) is 9.17. The first-order valence-electron chi connectivity index (χ1n) is 14.8. The normalized spacial score (nSPS) is 25.1. The van der Waals surface area contributed by atoms with Crippen molar-refractivity contribution in [1.82, 2.24) is 10.3 Å². The summed E-state index contributed by atoms with van der Waals surface area (Å²) < 4.78 is 5.88. The van der Waals surface area contributed by atoms with Crippen LogP contribution in [-0.4, -0.2) is 57.4 Å². The molecule has 1 aliphatic rings. The van der Waals surface area contributed by atoms with Crippen molar-refractivity contribution in [2.24, 2.45) is 10.8 Å². The minimum Gasteiger partial charge on any atom is -0.481 e. The van der Waals surface area contributed by atoms with Crippen LogP contribution in [0.25, 0.3) is 6.08 Å². The Labute approximate surface area is 257 Å². The number of hydrogen-bond donors (Lipinski definition) is 3. The number of pyridine rings is 1. The summed E-state index contributed by atoms with van der Waals surface area (Å²) in [6.45, 7) is 5.45. The number of nitro groups is 1. The minimum atomic E-state index is -1.62. The van der Waals surface area contributed by atoms with Gasteiger partial charge in [-0.3, -0.25) is 24.7 Å². The Bertz CT molecular complexity index is 1490. The number of nitro benzene ring substituents is 1. The quantitative estimate of drug-likeness (QED) is 0.127. The van der Waals surface area contributed by atoms with Crippen molar-refractivity contribution in [2.75, 3.05) is 13.2 Å². The van der Waals surface area contributed by atoms with Crippen LogP contribution in [0.5, 0.6) is 0 Å². The van der Waals surface area contributed by atoms with Crippen LogP contribution in [0.4, 0.5) is 5.69 Å². The Balaban J connectivity index is 1.53. The molecular weight excluding hydrogens is 562 g/mol. The van der Waals surface area contributed by atoms with Gasteiger partial charge in [0.25, 0.3) is 5.69 Å². The number of non-ortho nitro benzene ring substituents is 1. The van der Waals surface area contributed by atoms with Gasteiger partial charge in [0.05, 0.1) is 22.4 Å². The van der Waals surface area contributed by atoms with E-state index in [1.165, 1.54) is 18.2 Å². The number of aromatic nitrogens is 1. The lowest BCUT2D eigenvalue weighted by Crippen LogP contribution is -2.69. The number of ether oxygens (including phenoxy) is 1. The van der Waals surface area contributed by atoms with E-state index in [1.807, 2.05) is 42.6 Å². The number of benzene rings is 2. The van der Waals surface area contributed by atoms with E-state index in [0.29, 0.717) is 5.56 Å². The monoisotopic (exact) mass is 601 g/mol. The molecule has 0 radical (unpaired) electrons. The van der Waals surface area contributed by atoms with Crippen molar-refractivity contribution < 1.29 is 29.5 Å². The first-order chi connectivity index (χ1) is 21.1. The van der Waals surface area contributed by atoms with Crippen LogP contribution in [0.3, 0.4) is 0 Å². The molecule has 4 rings (SSSR count). The summed E-state index contributed by atoms with van der Waals surface area (Å²) >= 11 is 0. The van der Waals surface area contributed by atoms with Crippen LogP contribution in [0.15, 0.2) is 79.1 Å². The molecule has 5 atom stereocenters. The molecular formula is C34H39N3O7. The highest BCUT2D eigenvalue weighted by atomic mass is 16.6. The predicted molar refractivity (Wildman–Crippen MR) is 166 cm³/mol. The lowest BCUT2D eigenvalue weighted by molar-refractivity contribution is -0.385. The molecule has 10 nitrogen and oxygen atoms in total. The summed E-state index contributed by atoms with van der Waals surface area (Å²) in [5, 5.41) is 36.3. The third-order valence-electron chi connectivity index (χ3n) is 9.17. The number of aliphatic carboxylic acids is 2. The van der Waals surface area contributed by atoms with E-state index in [-0.39, 0.29) is 31.7 Å². The highest BCUT2D eigenvalue weighted by Gasteiger charge is 2.66. The smallest absolute Gasteiger partial charge is 0.311 e. The van der Waals surface area contributed by atoms with Gasteiger partial charge in [-0.05, 0) is 61.4 Å². The zero-order valence-electron chi connectivity index (χ0n) is 25.2. The van der Waals surface area contributed by atoms with Crippen LogP contribution in [0.2, 0.25) is 0 Å². The van der Waals surface area contributed by atoms with Crippen LogP contribution < -0.4 is 5.32 Å². The molecule has 1 aromatic heterocycles. The average Bonchev–Trinajstić information content (AvgIpc) is 3.00. The summed E-state index contributed by atoms with van der Waals surface area (Å²) in [5.74, 6) is -3.39. The number of hydrogen-bond acceptors (Lipinski definition) is 7. The molecule has 0 aliphatic carbocycles. The van der Waals surface area contributed by atoms with E-state index in [1.54, 1.807) is 33.0 Å². The highest BCUT2D eigenvalue weighted by molar-refractivity contribution is 5.84. The number of carboxylic acid groups (broad SMARTS) is 2. The molecule has 232 valence electrons. The van der Waals surface area contributed by atoms with Gasteiger partial charge in [0.15, 0.2) is 0 Å². The molecule has 1 fully saturated rings. The second-order valence-electron chi connectivity index (χ2n) is 11.4. The fraction of sp³-hybridized carbons (Fsp3) is 0.382. The van der Waals surface area contributed by atoms with Gasteiger partial charge >= 0.3 is 11.9 Å². The maximum absolute atomic E-state index is 13.2. The Morgan fingerprint density at radius 2 is 1.73 bits per heavy atom. The first-order valence-corrected chi connectivity index (χ1v) is 14.8. The van der Waals surface area contributed by atoms with E-state index in [4.69, 9.17) is 4.74 Å². The fourth-order valence-electron chi connectivity index (χ4n) is 6.85. The van der Waals surface area contributed by atoms with E-state index >= 15 is 0 Å². The van der Waals surface area contributed by atoms with Crippen molar-refractivity contribution in [3.05, 3.63) is 112 Å². The van der Waals surface area contributed by atoms with Crippen molar-refractivity contribution in [3.63, 3.8) is 0 Å². The lowest BCUT2D eigenvalue weighted by Gasteiger charge is -2.57. The van der Waals surface area contributed by atoms with Crippen LogP contribution in [0.1, 0.15) is 61.8 Å². The van der Waals surface area contributed by atoms with Gasteiger partial charge in [-0.2, -0.15) is 0 Å². The van der Waals surface area contributed by atoms with Crippen molar-refractivity contribution in [2.45, 2.75) is 58.0 Å². The van der Waals surface area contributed by atoms with E-state index in [9.17, 15) is 29.9 Å². The maximum atomic E-state index is 13.2. The molecule has 0 bridgehead atoms. The van der Waals surface area contributed by atoms with Crippen LogP contribution in [-0.2, 0) is 20.7 Å². The Hall–Kier alpha value is -4.41. The van der Waals surface area contributed by atoms with Crippen LogP contribution in [0, 0.1) is 20.9 Å². The third kappa shape index (κ3) is 6.41. The lowest BCUT2D eigenvalue weighted by atomic mass is 9.50. The molecule has 2 aromatic carbocycles. The molecule has 5 unspecified atom stereocenters. The first kappa shape index (κ1) is 32.5. The summed E-state index contributed by atoms with van der Waals surface area (Å²) in [6.07, 6.45) is 8.28. The van der Waals surface area contributed by atoms with Crippen molar-refractivity contribution >= 4 is 23.7 Å². The summed E-state index contributed by atoms with van der Waals surface area (Å²) in [6, 6.07) is 16.5. The Morgan fingerprint density at radius 1 is 1.02 bits per heavy atom. The van der Waals surface area contributed by atoms with Gasteiger partial charge in [0.2, 0.25) is 0 Å². The number of carboxylic acids is 2. The number of carbonyl (C=O) groups is 2. The Morgan fingerprint density at radius 3 is 2.34 bits per heavy atom. The van der Waals surface area contributed by atoms with Gasteiger partial charge < -0.3 is 20.3 Å².